The highest BCUT2D eigenvalue weighted by atomic mass is 16.6. The van der Waals surface area contributed by atoms with Crippen molar-refractivity contribution in [3.8, 4) is 33.5 Å². The Bertz CT molecular complexity index is 1420. The molecule has 0 aliphatic heterocycles. The molecular weight excluding hydrogens is 398 g/mol. The fourth-order valence-electron chi connectivity index (χ4n) is 3.77. The molecule has 0 saturated carbocycles. The molecule has 3 aromatic carbocycles. The zero-order valence-corrected chi connectivity index (χ0v) is 17.1. The molecule has 2 heterocycles. The van der Waals surface area contributed by atoms with Gasteiger partial charge in [-0.05, 0) is 28.3 Å². The Labute approximate surface area is 185 Å². The molecule has 0 bridgehead atoms. The SMILES string of the molecule is O=[N+]([O-])C=Cc1ccc(-c2cn3cc(-c4ccccc4)cc(-c4ccccc4)c3n2)cc1. The van der Waals surface area contributed by atoms with E-state index in [0.29, 0.717) is 0 Å². The molecule has 5 heteroatoms. The topological polar surface area (TPSA) is 60.4 Å². The first-order chi connectivity index (χ1) is 15.7. The highest BCUT2D eigenvalue weighted by Gasteiger charge is 2.12. The summed E-state index contributed by atoms with van der Waals surface area (Å²) in [6, 6.07) is 30.3. The summed E-state index contributed by atoms with van der Waals surface area (Å²) in [4.78, 5) is 15.0. The first kappa shape index (κ1) is 19.5. The molecule has 0 atom stereocenters. The molecule has 5 nitrogen and oxygen atoms in total. The molecule has 0 spiro atoms. The second-order valence-corrected chi connectivity index (χ2v) is 7.45. The van der Waals surface area contributed by atoms with Gasteiger partial charge in [-0.15, -0.1) is 0 Å². The van der Waals surface area contributed by atoms with E-state index in [9.17, 15) is 10.1 Å². The standard InChI is InChI=1S/C27H19N3O2/c31-30(32)16-15-20-11-13-23(14-12-20)26-19-29-18-24(21-7-3-1-4-8-21)17-25(27(29)28-26)22-9-5-2-6-10-22/h1-19H. The molecule has 0 aliphatic rings. The number of aromatic nitrogens is 2. The molecular formula is C27H19N3O2. The fraction of sp³-hybridized carbons (Fsp3) is 0. The molecule has 0 saturated heterocycles. The van der Waals surface area contributed by atoms with E-state index in [4.69, 9.17) is 4.98 Å². The second kappa shape index (κ2) is 8.32. The van der Waals surface area contributed by atoms with Gasteiger partial charge >= 0.3 is 0 Å². The van der Waals surface area contributed by atoms with Crippen molar-refractivity contribution in [3.63, 3.8) is 0 Å². The summed E-state index contributed by atoms with van der Waals surface area (Å²) in [6.07, 6.45) is 6.54. The maximum absolute atomic E-state index is 10.5. The lowest BCUT2D eigenvalue weighted by Crippen LogP contribution is -1.90. The molecule has 0 unspecified atom stereocenters. The van der Waals surface area contributed by atoms with Crippen molar-refractivity contribution in [3.05, 3.63) is 125 Å². The van der Waals surface area contributed by atoms with Gasteiger partial charge in [-0.2, -0.15) is 0 Å². The van der Waals surface area contributed by atoms with E-state index >= 15 is 0 Å². The Hall–Kier alpha value is -4.51. The summed E-state index contributed by atoms with van der Waals surface area (Å²) >= 11 is 0. The Balaban J connectivity index is 1.63. The number of hydrogen-bond donors (Lipinski definition) is 0. The quantitative estimate of drug-likeness (QED) is 0.240. The van der Waals surface area contributed by atoms with Gasteiger partial charge in [0, 0.05) is 29.6 Å². The third-order valence-electron chi connectivity index (χ3n) is 5.34. The summed E-state index contributed by atoms with van der Waals surface area (Å²) in [7, 11) is 0. The van der Waals surface area contributed by atoms with E-state index in [1.54, 1.807) is 0 Å². The van der Waals surface area contributed by atoms with Crippen molar-refractivity contribution in [2.24, 2.45) is 0 Å². The fourth-order valence-corrected chi connectivity index (χ4v) is 3.77. The van der Waals surface area contributed by atoms with Crippen LogP contribution >= 0.6 is 0 Å². The molecule has 0 radical (unpaired) electrons. The van der Waals surface area contributed by atoms with Crippen LogP contribution in [0.15, 0.2) is 110 Å². The smallest absolute Gasteiger partial charge is 0.235 e. The number of imidazole rings is 1. The molecule has 2 aromatic heterocycles. The normalized spacial score (nSPS) is 11.2. The van der Waals surface area contributed by atoms with Crippen molar-refractivity contribution < 1.29 is 4.92 Å². The van der Waals surface area contributed by atoms with Gasteiger partial charge in [-0.3, -0.25) is 10.1 Å². The minimum atomic E-state index is -0.467. The van der Waals surface area contributed by atoms with Gasteiger partial charge < -0.3 is 4.40 Å². The van der Waals surface area contributed by atoms with E-state index in [1.165, 1.54) is 6.08 Å². The maximum atomic E-state index is 10.5. The number of benzene rings is 3. The predicted molar refractivity (Wildman–Crippen MR) is 128 cm³/mol. The third-order valence-corrected chi connectivity index (χ3v) is 5.34. The van der Waals surface area contributed by atoms with Crippen molar-refractivity contribution in [2.45, 2.75) is 0 Å². The predicted octanol–water partition coefficient (Wildman–Crippen LogP) is 6.58. The summed E-state index contributed by atoms with van der Waals surface area (Å²) in [5.74, 6) is 0. The van der Waals surface area contributed by atoms with Crippen molar-refractivity contribution in [1.29, 1.82) is 0 Å². The average molecular weight is 417 g/mol. The van der Waals surface area contributed by atoms with E-state index in [-0.39, 0.29) is 0 Å². The van der Waals surface area contributed by atoms with Crippen LogP contribution in [0, 0.1) is 10.1 Å². The number of nitrogens with zero attached hydrogens (tertiary/aromatic N) is 3. The number of nitro groups is 1. The number of hydrogen-bond acceptors (Lipinski definition) is 3. The zero-order valence-electron chi connectivity index (χ0n) is 17.1. The third kappa shape index (κ3) is 3.91. The summed E-state index contributed by atoms with van der Waals surface area (Å²) in [5.41, 5.74) is 7.86. The maximum Gasteiger partial charge on any atom is 0.235 e. The second-order valence-electron chi connectivity index (χ2n) is 7.45. The molecule has 0 fully saturated rings. The summed E-state index contributed by atoms with van der Waals surface area (Å²) in [5, 5.41) is 10.5. The molecule has 32 heavy (non-hydrogen) atoms. The van der Waals surface area contributed by atoms with Crippen LogP contribution in [0.4, 0.5) is 0 Å². The molecule has 0 amide bonds. The average Bonchev–Trinajstić information content (AvgIpc) is 3.28. The Morgan fingerprint density at radius 1 is 0.750 bits per heavy atom. The molecule has 0 aliphatic carbocycles. The minimum absolute atomic E-state index is 0.467. The van der Waals surface area contributed by atoms with Crippen LogP contribution in [-0.2, 0) is 0 Å². The van der Waals surface area contributed by atoms with Gasteiger partial charge in [0.05, 0.1) is 10.6 Å². The summed E-state index contributed by atoms with van der Waals surface area (Å²) < 4.78 is 2.07. The monoisotopic (exact) mass is 417 g/mol. The van der Waals surface area contributed by atoms with Crippen LogP contribution in [0.1, 0.15) is 5.56 Å². The number of pyridine rings is 1. The highest BCUT2D eigenvalue weighted by Crippen LogP contribution is 2.32. The Morgan fingerprint density at radius 2 is 1.41 bits per heavy atom. The zero-order chi connectivity index (χ0) is 21.9. The van der Waals surface area contributed by atoms with Gasteiger partial charge in [0.15, 0.2) is 0 Å². The minimum Gasteiger partial charge on any atom is -0.305 e. The lowest BCUT2D eigenvalue weighted by atomic mass is 10.0. The lowest BCUT2D eigenvalue weighted by molar-refractivity contribution is -0.400. The number of rotatable bonds is 5. The van der Waals surface area contributed by atoms with Crippen LogP contribution in [0.25, 0.3) is 45.2 Å². The van der Waals surface area contributed by atoms with Gasteiger partial charge in [-0.1, -0.05) is 84.9 Å². The van der Waals surface area contributed by atoms with Gasteiger partial charge in [0.2, 0.25) is 6.20 Å². The van der Waals surface area contributed by atoms with E-state index in [2.05, 4.69) is 40.9 Å². The van der Waals surface area contributed by atoms with Crippen molar-refractivity contribution in [2.75, 3.05) is 0 Å². The largest absolute Gasteiger partial charge is 0.305 e. The molecule has 0 N–H and O–H groups in total. The van der Waals surface area contributed by atoms with Crippen LogP contribution in [0.2, 0.25) is 0 Å². The summed E-state index contributed by atoms with van der Waals surface area (Å²) in [6.45, 7) is 0. The van der Waals surface area contributed by atoms with Crippen LogP contribution < -0.4 is 0 Å². The first-order valence-electron chi connectivity index (χ1n) is 10.2. The lowest BCUT2D eigenvalue weighted by Gasteiger charge is -2.09. The number of fused-ring (bicyclic) bond motifs is 1. The Morgan fingerprint density at radius 3 is 2.06 bits per heavy atom. The van der Waals surface area contributed by atoms with E-state index in [0.717, 1.165) is 50.9 Å². The van der Waals surface area contributed by atoms with Crippen LogP contribution in [0.5, 0.6) is 0 Å². The first-order valence-corrected chi connectivity index (χ1v) is 10.2. The van der Waals surface area contributed by atoms with Crippen LogP contribution in [-0.4, -0.2) is 14.3 Å². The van der Waals surface area contributed by atoms with E-state index < -0.39 is 4.92 Å². The highest BCUT2D eigenvalue weighted by molar-refractivity contribution is 5.84. The van der Waals surface area contributed by atoms with Crippen molar-refractivity contribution in [1.82, 2.24) is 9.38 Å². The van der Waals surface area contributed by atoms with Gasteiger partial charge in [0.25, 0.3) is 0 Å². The van der Waals surface area contributed by atoms with Gasteiger partial charge in [0.1, 0.15) is 5.65 Å². The van der Waals surface area contributed by atoms with Gasteiger partial charge in [-0.25, -0.2) is 4.98 Å². The molecule has 154 valence electrons. The van der Waals surface area contributed by atoms with Crippen LogP contribution in [0.3, 0.4) is 0 Å². The Kier molecular flexibility index (Phi) is 5.06. The van der Waals surface area contributed by atoms with E-state index in [1.807, 2.05) is 66.9 Å². The van der Waals surface area contributed by atoms with Crippen molar-refractivity contribution >= 4 is 11.7 Å². The molecule has 5 aromatic rings. The molecule has 5 rings (SSSR count).